The molecule has 2 aromatic heterocycles. The number of hydrogen-bond donors (Lipinski definition) is 2. The van der Waals surface area contributed by atoms with Crippen LogP contribution < -0.4 is 15.4 Å². The van der Waals surface area contributed by atoms with Gasteiger partial charge < -0.3 is 24.7 Å². The Morgan fingerprint density at radius 3 is 2.76 bits per heavy atom. The number of nitrogens with zero attached hydrogens (tertiary/aromatic N) is 2. The normalized spacial score (nSPS) is 14.2. The van der Waals surface area contributed by atoms with Crippen LogP contribution in [0.3, 0.4) is 0 Å². The molecule has 1 fully saturated rings. The van der Waals surface area contributed by atoms with Gasteiger partial charge >= 0.3 is 0 Å². The summed E-state index contributed by atoms with van der Waals surface area (Å²) in [6.45, 7) is 4.00. The lowest BCUT2D eigenvalue weighted by Crippen LogP contribution is -2.29. The fourth-order valence-electron chi connectivity index (χ4n) is 3.59. The number of carbonyl (C=O) groups excluding carboxylic acids is 1. The largest absolute Gasteiger partial charge is 0.497 e. The number of rotatable bonds is 8. The van der Waals surface area contributed by atoms with Gasteiger partial charge in [0, 0.05) is 18.3 Å². The first kappa shape index (κ1) is 19.3. The standard InChI is InChI=1S/C22H26N4O3/c1-28-17-7-5-16(6-8-17)24-21-18-9-14-29-20(18)15-19(25-21)22(27)23-10-4-13-26-11-2-3-12-26/h5-9,14-15H,2-4,10-13H2,1H3,(H,23,27)(H,24,25). The minimum Gasteiger partial charge on any atom is -0.497 e. The van der Waals surface area contributed by atoms with Crippen molar-refractivity contribution in [2.75, 3.05) is 38.6 Å². The maximum atomic E-state index is 12.6. The molecule has 0 saturated carbocycles. The molecule has 29 heavy (non-hydrogen) atoms. The maximum absolute atomic E-state index is 12.6. The lowest BCUT2D eigenvalue weighted by Gasteiger charge is -2.14. The van der Waals surface area contributed by atoms with Crippen LogP contribution in [0.4, 0.5) is 11.5 Å². The van der Waals surface area contributed by atoms with E-state index in [1.807, 2.05) is 30.3 Å². The second-order valence-electron chi connectivity index (χ2n) is 7.20. The topological polar surface area (TPSA) is 79.6 Å². The number of benzene rings is 1. The Kier molecular flexibility index (Phi) is 5.95. The van der Waals surface area contributed by atoms with Crippen LogP contribution in [-0.2, 0) is 0 Å². The molecule has 1 aliphatic heterocycles. The van der Waals surface area contributed by atoms with E-state index in [1.54, 1.807) is 19.4 Å². The molecule has 0 aliphatic carbocycles. The molecule has 0 atom stereocenters. The molecule has 7 heteroatoms. The SMILES string of the molecule is COc1ccc(Nc2nc(C(=O)NCCCN3CCCC3)cc3occc23)cc1. The average Bonchev–Trinajstić information content (AvgIpc) is 3.43. The van der Waals surface area contributed by atoms with Gasteiger partial charge in [-0.3, -0.25) is 4.79 Å². The zero-order chi connectivity index (χ0) is 20.1. The van der Waals surface area contributed by atoms with Gasteiger partial charge in [0.2, 0.25) is 0 Å². The number of amides is 1. The van der Waals surface area contributed by atoms with Gasteiger partial charge in [0.05, 0.1) is 18.8 Å². The van der Waals surface area contributed by atoms with Crippen molar-refractivity contribution >= 4 is 28.4 Å². The lowest BCUT2D eigenvalue weighted by atomic mass is 10.2. The summed E-state index contributed by atoms with van der Waals surface area (Å²) < 4.78 is 10.7. The van der Waals surface area contributed by atoms with Gasteiger partial charge in [-0.05, 0) is 69.2 Å². The molecule has 4 rings (SSSR count). The molecule has 152 valence electrons. The van der Waals surface area contributed by atoms with Gasteiger partial charge in [0.15, 0.2) is 0 Å². The second-order valence-corrected chi connectivity index (χ2v) is 7.20. The van der Waals surface area contributed by atoms with E-state index in [-0.39, 0.29) is 5.91 Å². The van der Waals surface area contributed by atoms with Gasteiger partial charge in [-0.25, -0.2) is 4.98 Å². The van der Waals surface area contributed by atoms with Crippen LogP contribution in [0.5, 0.6) is 5.75 Å². The predicted octanol–water partition coefficient (Wildman–Crippen LogP) is 3.80. The summed E-state index contributed by atoms with van der Waals surface area (Å²) in [5.74, 6) is 1.17. The van der Waals surface area contributed by atoms with Crippen LogP contribution in [-0.4, -0.2) is 49.1 Å². The molecule has 0 unspecified atom stereocenters. The van der Waals surface area contributed by atoms with E-state index in [4.69, 9.17) is 9.15 Å². The Morgan fingerprint density at radius 1 is 1.21 bits per heavy atom. The highest BCUT2D eigenvalue weighted by atomic mass is 16.5. The summed E-state index contributed by atoms with van der Waals surface area (Å²) in [6, 6.07) is 11.1. The van der Waals surface area contributed by atoms with Crippen LogP contribution >= 0.6 is 0 Å². The van der Waals surface area contributed by atoms with E-state index in [0.717, 1.165) is 29.8 Å². The molecule has 0 radical (unpaired) electrons. The third kappa shape index (κ3) is 4.68. The van der Waals surface area contributed by atoms with Crippen LogP contribution in [0.25, 0.3) is 11.0 Å². The van der Waals surface area contributed by atoms with Crippen molar-refractivity contribution in [2.24, 2.45) is 0 Å². The molecule has 3 heterocycles. The molecule has 1 aromatic carbocycles. The quantitative estimate of drug-likeness (QED) is 0.566. The first-order valence-electron chi connectivity index (χ1n) is 10.0. The van der Waals surface area contributed by atoms with Crippen molar-refractivity contribution < 1.29 is 13.9 Å². The highest BCUT2D eigenvalue weighted by molar-refractivity contribution is 5.99. The minimum absolute atomic E-state index is 0.192. The number of likely N-dealkylation sites (tertiary alicyclic amines) is 1. The van der Waals surface area contributed by atoms with Crippen molar-refractivity contribution in [3.05, 3.63) is 48.4 Å². The maximum Gasteiger partial charge on any atom is 0.270 e. The Hall–Kier alpha value is -3.06. The van der Waals surface area contributed by atoms with Gasteiger partial charge in [-0.1, -0.05) is 0 Å². The van der Waals surface area contributed by atoms with Gasteiger partial charge in [0.1, 0.15) is 22.8 Å². The number of fused-ring (bicyclic) bond motifs is 1. The van der Waals surface area contributed by atoms with Gasteiger partial charge in [-0.2, -0.15) is 0 Å². The molecule has 1 aliphatic rings. The smallest absolute Gasteiger partial charge is 0.270 e. The first-order chi connectivity index (χ1) is 14.2. The van der Waals surface area contributed by atoms with Crippen molar-refractivity contribution in [3.8, 4) is 5.75 Å². The van der Waals surface area contributed by atoms with Crippen molar-refractivity contribution in [1.82, 2.24) is 15.2 Å². The van der Waals surface area contributed by atoms with Crippen molar-refractivity contribution in [3.63, 3.8) is 0 Å². The summed E-state index contributed by atoms with van der Waals surface area (Å²) >= 11 is 0. The summed E-state index contributed by atoms with van der Waals surface area (Å²) in [5, 5.41) is 7.07. The summed E-state index contributed by atoms with van der Waals surface area (Å²) in [6.07, 6.45) is 5.10. The zero-order valence-electron chi connectivity index (χ0n) is 16.6. The van der Waals surface area contributed by atoms with E-state index in [0.29, 0.717) is 23.6 Å². The Balaban J connectivity index is 1.44. The summed E-state index contributed by atoms with van der Waals surface area (Å²) in [5.41, 5.74) is 1.81. The van der Waals surface area contributed by atoms with Crippen molar-refractivity contribution in [1.29, 1.82) is 0 Å². The van der Waals surface area contributed by atoms with E-state index < -0.39 is 0 Å². The third-order valence-electron chi connectivity index (χ3n) is 5.17. The van der Waals surface area contributed by atoms with Crippen LogP contribution in [0.2, 0.25) is 0 Å². The van der Waals surface area contributed by atoms with Crippen LogP contribution in [0.1, 0.15) is 29.8 Å². The number of nitrogens with one attached hydrogen (secondary N) is 2. The number of carbonyl (C=O) groups is 1. The van der Waals surface area contributed by atoms with E-state index in [2.05, 4.69) is 20.5 Å². The molecule has 0 bridgehead atoms. The molecule has 7 nitrogen and oxygen atoms in total. The lowest BCUT2D eigenvalue weighted by molar-refractivity contribution is 0.0947. The highest BCUT2D eigenvalue weighted by Crippen LogP contribution is 2.27. The molecule has 3 aromatic rings. The summed E-state index contributed by atoms with van der Waals surface area (Å²) in [7, 11) is 1.63. The molecular weight excluding hydrogens is 368 g/mol. The minimum atomic E-state index is -0.192. The van der Waals surface area contributed by atoms with E-state index in [9.17, 15) is 4.79 Å². The fourth-order valence-corrected chi connectivity index (χ4v) is 3.59. The third-order valence-corrected chi connectivity index (χ3v) is 5.17. The molecule has 0 spiro atoms. The second kappa shape index (κ2) is 8.96. The number of anilines is 2. The number of methoxy groups -OCH3 is 1. The van der Waals surface area contributed by atoms with Crippen LogP contribution in [0, 0.1) is 0 Å². The highest BCUT2D eigenvalue weighted by Gasteiger charge is 2.15. The van der Waals surface area contributed by atoms with Crippen LogP contribution in [0.15, 0.2) is 47.1 Å². The molecule has 1 saturated heterocycles. The predicted molar refractivity (Wildman–Crippen MR) is 113 cm³/mol. The molecule has 1 amide bonds. The molecular formula is C22H26N4O3. The number of aromatic nitrogens is 1. The summed E-state index contributed by atoms with van der Waals surface area (Å²) in [4.78, 5) is 19.6. The van der Waals surface area contributed by atoms with Crippen molar-refractivity contribution in [2.45, 2.75) is 19.3 Å². The molecule has 2 N–H and O–H groups in total. The Labute approximate surface area is 170 Å². The number of ether oxygens (including phenoxy) is 1. The fraction of sp³-hybridized carbons (Fsp3) is 0.364. The van der Waals surface area contributed by atoms with E-state index >= 15 is 0 Å². The number of pyridine rings is 1. The zero-order valence-corrected chi connectivity index (χ0v) is 16.6. The number of hydrogen-bond acceptors (Lipinski definition) is 6. The van der Waals surface area contributed by atoms with Gasteiger partial charge in [-0.15, -0.1) is 0 Å². The first-order valence-corrected chi connectivity index (χ1v) is 10.0. The average molecular weight is 394 g/mol. The Bertz CT molecular complexity index is 962. The Morgan fingerprint density at radius 2 is 2.00 bits per heavy atom. The van der Waals surface area contributed by atoms with E-state index in [1.165, 1.54) is 25.9 Å². The number of furan rings is 1. The van der Waals surface area contributed by atoms with Gasteiger partial charge in [0.25, 0.3) is 5.91 Å². The monoisotopic (exact) mass is 394 g/mol.